The van der Waals surface area contributed by atoms with Gasteiger partial charge in [0.1, 0.15) is 6.54 Å². The molecule has 0 atom stereocenters. The number of amides is 2. The molecule has 0 radical (unpaired) electrons. The summed E-state index contributed by atoms with van der Waals surface area (Å²) in [5, 5.41) is 0. The Kier molecular flexibility index (Phi) is 6.22. The molecule has 1 aromatic rings. The van der Waals surface area contributed by atoms with E-state index in [1.807, 2.05) is 6.92 Å². The SMILES string of the molecule is CCN(CC(=O)N(C)C)C(=O)c1ccc(C#CCN)s1. The van der Waals surface area contributed by atoms with Gasteiger partial charge in [-0.05, 0) is 19.1 Å². The van der Waals surface area contributed by atoms with Gasteiger partial charge in [-0.2, -0.15) is 0 Å². The van der Waals surface area contributed by atoms with Gasteiger partial charge in [-0.1, -0.05) is 11.8 Å². The van der Waals surface area contributed by atoms with Gasteiger partial charge in [-0.25, -0.2) is 0 Å². The maximum atomic E-state index is 12.3. The molecule has 108 valence electrons. The van der Waals surface area contributed by atoms with Crippen molar-refractivity contribution in [2.75, 3.05) is 33.7 Å². The van der Waals surface area contributed by atoms with Crippen LogP contribution in [0.25, 0.3) is 0 Å². The van der Waals surface area contributed by atoms with Crippen molar-refractivity contribution in [1.82, 2.24) is 9.80 Å². The highest BCUT2D eigenvalue weighted by Gasteiger charge is 2.19. The maximum Gasteiger partial charge on any atom is 0.264 e. The van der Waals surface area contributed by atoms with Gasteiger partial charge >= 0.3 is 0 Å². The molecule has 0 unspecified atom stereocenters. The minimum Gasteiger partial charge on any atom is -0.347 e. The summed E-state index contributed by atoms with van der Waals surface area (Å²) in [6.07, 6.45) is 0. The monoisotopic (exact) mass is 293 g/mol. The molecule has 2 amide bonds. The van der Waals surface area contributed by atoms with Gasteiger partial charge in [-0.15, -0.1) is 11.3 Å². The van der Waals surface area contributed by atoms with Crippen LogP contribution in [0.5, 0.6) is 0 Å². The fourth-order valence-corrected chi connectivity index (χ4v) is 2.29. The highest BCUT2D eigenvalue weighted by atomic mass is 32.1. The van der Waals surface area contributed by atoms with Crippen LogP contribution in [0.2, 0.25) is 0 Å². The summed E-state index contributed by atoms with van der Waals surface area (Å²) in [7, 11) is 3.35. The summed E-state index contributed by atoms with van der Waals surface area (Å²) in [6, 6.07) is 3.53. The highest BCUT2D eigenvalue weighted by Crippen LogP contribution is 2.17. The minimum absolute atomic E-state index is 0.0873. The summed E-state index contributed by atoms with van der Waals surface area (Å²) in [4.78, 5) is 28.4. The molecule has 0 saturated carbocycles. The quantitative estimate of drug-likeness (QED) is 0.827. The third-order valence-electron chi connectivity index (χ3n) is 2.62. The van der Waals surface area contributed by atoms with Crippen LogP contribution in [0.15, 0.2) is 12.1 Å². The summed E-state index contributed by atoms with van der Waals surface area (Å²) in [5.74, 6) is 5.40. The second-order valence-electron chi connectivity index (χ2n) is 4.28. The third kappa shape index (κ3) is 4.37. The zero-order chi connectivity index (χ0) is 15.1. The Morgan fingerprint density at radius 3 is 2.60 bits per heavy atom. The van der Waals surface area contributed by atoms with Crippen molar-refractivity contribution >= 4 is 23.2 Å². The van der Waals surface area contributed by atoms with Gasteiger partial charge in [0.2, 0.25) is 5.91 Å². The van der Waals surface area contributed by atoms with E-state index in [1.54, 1.807) is 26.2 Å². The van der Waals surface area contributed by atoms with Crippen LogP contribution in [0.4, 0.5) is 0 Å². The molecule has 0 fully saturated rings. The number of hydrogen-bond acceptors (Lipinski definition) is 4. The summed E-state index contributed by atoms with van der Waals surface area (Å²) < 4.78 is 0. The van der Waals surface area contributed by atoms with Crippen molar-refractivity contribution in [2.45, 2.75) is 6.92 Å². The van der Waals surface area contributed by atoms with Gasteiger partial charge in [0.05, 0.1) is 16.3 Å². The number of nitrogens with zero attached hydrogens (tertiary/aromatic N) is 2. The molecule has 0 aromatic carbocycles. The number of thiophene rings is 1. The smallest absolute Gasteiger partial charge is 0.264 e. The molecule has 1 rings (SSSR count). The van der Waals surface area contributed by atoms with E-state index >= 15 is 0 Å². The zero-order valence-corrected chi connectivity index (χ0v) is 12.8. The van der Waals surface area contributed by atoms with E-state index in [4.69, 9.17) is 5.73 Å². The molecule has 0 saturated heterocycles. The maximum absolute atomic E-state index is 12.3. The molecule has 0 aliphatic carbocycles. The second kappa shape index (κ2) is 7.68. The molecule has 6 heteroatoms. The van der Waals surface area contributed by atoms with Crippen LogP contribution in [0.3, 0.4) is 0 Å². The van der Waals surface area contributed by atoms with E-state index in [9.17, 15) is 9.59 Å². The number of likely N-dealkylation sites (N-methyl/N-ethyl adjacent to an activating group) is 2. The molecule has 5 nitrogen and oxygen atoms in total. The first-order valence-electron chi connectivity index (χ1n) is 6.27. The molecular weight excluding hydrogens is 274 g/mol. The number of carbonyl (C=O) groups is 2. The van der Waals surface area contributed by atoms with E-state index < -0.39 is 0 Å². The molecule has 0 aliphatic rings. The lowest BCUT2D eigenvalue weighted by Crippen LogP contribution is -2.39. The molecule has 2 N–H and O–H groups in total. The normalized spacial score (nSPS) is 9.60. The van der Waals surface area contributed by atoms with Crippen molar-refractivity contribution < 1.29 is 9.59 Å². The highest BCUT2D eigenvalue weighted by molar-refractivity contribution is 7.14. The number of hydrogen-bond donors (Lipinski definition) is 1. The van der Waals surface area contributed by atoms with Crippen molar-refractivity contribution in [2.24, 2.45) is 5.73 Å². The Morgan fingerprint density at radius 2 is 2.05 bits per heavy atom. The van der Waals surface area contributed by atoms with E-state index in [1.165, 1.54) is 21.1 Å². The predicted octanol–water partition coefficient (Wildman–Crippen LogP) is 0.609. The third-order valence-corrected chi connectivity index (χ3v) is 3.61. The van der Waals surface area contributed by atoms with Gasteiger partial charge < -0.3 is 15.5 Å². The Hall–Kier alpha value is -1.84. The van der Waals surface area contributed by atoms with E-state index in [-0.39, 0.29) is 18.4 Å². The van der Waals surface area contributed by atoms with Crippen molar-refractivity contribution in [1.29, 1.82) is 0 Å². The van der Waals surface area contributed by atoms with Crippen molar-refractivity contribution in [3.63, 3.8) is 0 Å². The Morgan fingerprint density at radius 1 is 1.35 bits per heavy atom. The second-order valence-corrected chi connectivity index (χ2v) is 5.36. The van der Waals surface area contributed by atoms with Crippen molar-refractivity contribution in [3.05, 3.63) is 21.9 Å². The first kappa shape index (κ1) is 16.2. The number of carbonyl (C=O) groups excluding carboxylic acids is 2. The molecule has 20 heavy (non-hydrogen) atoms. The lowest BCUT2D eigenvalue weighted by Gasteiger charge is -2.21. The average molecular weight is 293 g/mol. The number of nitrogens with two attached hydrogens (primary N) is 1. The van der Waals surface area contributed by atoms with E-state index in [0.717, 1.165) is 4.88 Å². The van der Waals surface area contributed by atoms with Crippen molar-refractivity contribution in [3.8, 4) is 11.8 Å². The Balaban J connectivity index is 2.80. The molecular formula is C14H19N3O2S. The fraction of sp³-hybridized carbons (Fsp3) is 0.429. The van der Waals surface area contributed by atoms with Crippen LogP contribution in [0, 0.1) is 11.8 Å². The summed E-state index contributed by atoms with van der Waals surface area (Å²) in [5.41, 5.74) is 5.31. The van der Waals surface area contributed by atoms with E-state index in [2.05, 4.69) is 11.8 Å². The lowest BCUT2D eigenvalue weighted by atomic mass is 10.3. The first-order chi connectivity index (χ1) is 9.49. The standard InChI is InChI=1S/C14H19N3O2S/c1-4-17(10-13(18)16(2)3)14(19)12-8-7-11(20-12)6-5-9-15/h7-8H,4,9-10,15H2,1-3H3. The Bertz CT molecular complexity index is 540. The average Bonchev–Trinajstić information content (AvgIpc) is 2.90. The topological polar surface area (TPSA) is 66.6 Å². The van der Waals surface area contributed by atoms with Crippen LogP contribution < -0.4 is 5.73 Å². The van der Waals surface area contributed by atoms with Crippen LogP contribution >= 0.6 is 11.3 Å². The Labute approximate surface area is 123 Å². The summed E-state index contributed by atoms with van der Waals surface area (Å²) in [6.45, 7) is 2.72. The van der Waals surface area contributed by atoms with Gasteiger partial charge in [0.25, 0.3) is 5.91 Å². The zero-order valence-electron chi connectivity index (χ0n) is 12.0. The molecule has 1 heterocycles. The molecule has 0 spiro atoms. The van der Waals surface area contributed by atoms with Crippen LogP contribution in [-0.4, -0.2) is 55.3 Å². The number of rotatable bonds is 4. The molecule has 1 aromatic heterocycles. The van der Waals surface area contributed by atoms with Gasteiger partial charge in [0, 0.05) is 20.6 Å². The van der Waals surface area contributed by atoms with Gasteiger partial charge in [0.15, 0.2) is 0 Å². The van der Waals surface area contributed by atoms with Crippen LogP contribution in [0.1, 0.15) is 21.5 Å². The van der Waals surface area contributed by atoms with E-state index in [0.29, 0.717) is 18.0 Å². The molecule has 0 bridgehead atoms. The first-order valence-corrected chi connectivity index (χ1v) is 7.09. The predicted molar refractivity (Wildman–Crippen MR) is 80.5 cm³/mol. The molecule has 0 aliphatic heterocycles. The minimum atomic E-state index is -0.145. The summed E-state index contributed by atoms with van der Waals surface area (Å²) >= 11 is 1.31. The van der Waals surface area contributed by atoms with Gasteiger partial charge in [-0.3, -0.25) is 9.59 Å². The van der Waals surface area contributed by atoms with Crippen LogP contribution in [-0.2, 0) is 4.79 Å². The largest absolute Gasteiger partial charge is 0.347 e. The lowest BCUT2D eigenvalue weighted by molar-refractivity contribution is -0.129. The fourth-order valence-electron chi connectivity index (χ4n) is 1.45.